The average molecular weight is 295 g/mol. The van der Waals surface area contributed by atoms with Crippen LogP contribution >= 0.6 is 0 Å². The summed E-state index contributed by atoms with van der Waals surface area (Å²) in [6, 6.07) is 13.1. The smallest absolute Gasteiger partial charge is 0.220 e. The number of benzene rings is 2. The van der Waals surface area contributed by atoms with Crippen LogP contribution in [-0.2, 0) is 17.8 Å². The van der Waals surface area contributed by atoms with Crippen LogP contribution in [-0.4, -0.2) is 18.7 Å². The van der Waals surface area contributed by atoms with Gasteiger partial charge in [-0.3, -0.25) is 9.59 Å². The molecule has 0 aliphatic carbocycles. The fourth-order valence-corrected chi connectivity index (χ4v) is 2.59. The number of carbonyl (C=O) groups excluding carboxylic acids is 2. The van der Waals surface area contributed by atoms with Crippen LogP contribution in [0.25, 0.3) is 0 Å². The monoisotopic (exact) mass is 295 g/mol. The van der Waals surface area contributed by atoms with Crippen LogP contribution in [0.1, 0.15) is 33.5 Å². The largest absolute Gasteiger partial charge is 0.488 e. The lowest BCUT2D eigenvalue weighted by Gasteiger charge is -2.08. The van der Waals surface area contributed by atoms with Gasteiger partial charge in [0, 0.05) is 24.6 Å². The molecule has 1 heterocycles. The molecule has 112 valence electrons. The Bertz CT molecular complexity index is 737. The Kier molecular flexibility index (Phi) is 3.92. The Hall–Kier alpha value is -2.62. The van der Waals surface area contributed by atoms with Crippen LogP contribution in [0.2, 0.25) is 0 Å². The molecule has 0 fully saturated rings. The van der Waals surface area contributed by atoms with E-state index in [4.69, 9.17) is 4.74 Å². The van der Waals surface area contributed by atoms with Crippen LogP contribution in [0.5, 0.6) is 5.75 Å². The first-order chi connectivity index (χ1) is 10.7. The molecule has 0 radical (unpaired) electrons. The third-order valence-electron chi connectivity index (χ3n) is 3.85. The van der Waals surface area contributed by atoms with Crippen LogP contribution in [0.15, 0.2) is 42.5 Å². The second-order valence-electron chi connectivity index (χ2n) is 5.28. The fraction of sp³-hybridized carbons (Fsp3) is 0.222. The number of carbonyl (C=O) groups is 2. The van der Waals surface area contributed by atoms with Gasteiger partial charge in [-0.15, -0.1) is 0 Å². The number of hydrogen-bond acceptors (Lipinski definition) is 3. The number of ether oxygens (including phenoxy) is 1. The van der Waals surface area contributed by atoms with Gasteiger partial charge in [0.1, 0.15) is 12.4 Å². The maximum Gasteiger partial charge on any atom is 0.220 e. The third kappa shape index (κ3) is 2.72. The molecule has 0 spiro atoms. The fourth-order valence-electron chi connectivity index (χ4n) is 2.59. The summed E-state index contributed by atoms with van der Waals surface area (Å²) in [5, 5.41) is 2.60. The van der Waals surface area contributed by atoms with Gasteiger partial charge in [0.25, 0.3) is 0 Å². The van der Waals surface area contributed by atoms with E-state index in [9.17, 15) is 9.59 Å². The predicted octanol–water partition coefficient (Wildman–Crippen LogP) is 2.49. The standard InChI is InChI=1S/C18H17NO3/c1-19-17(20)9-7-12-6-8-16-15(10-12)18(21)14-5-3-2-4-13(14)11-22-16/h2-6,8,10H,7,9,11H2,1H3,(H,19,20). The number of fused-ring (bicyclic) bond motifs is 2. The van der Waals surface area contributed by atoms with E-state index >= 15 is 0 Å². The summed E-state index contributed by atoms with van der Waals surface area (Å²) in [5.41, 5.74) is 3.11. The predicted molar refractivity (Wildman–Crippen MR) is 83.0 cm³/mol. The summed E-state index contributed by atoms with van der Waals surface area (Å²) in [6.07, 6.45) is 1.00. The highest BCUT2D eigenvalue weighted by molar-refractivity contribution is 6.12. The molecule has 22 heavy (non-hydrogen) atoms. The number of hydrogen-bond donors (Lipinski definition) is 1. The summed E-state index contributed by atoms with van der Waals surface area (Å²) >= 11 is 0. The first kappa shape index (κ1) is 14.3. The van der Waals surface area contributed by atoms with Crippen molar-refractivity contribution in [3.05, 3.63) is 64.7 Å². The molecule has 1 aliphatic rings. The maximum atomic E-state index is 12.7. The van der Waals surface area contributed by atoms with Gasteiger partial charge in [-0.25, -0.2) is 0 Å². The lowest BCUT2D eigenvalue weighted by molar-refractivity contribution is -0.120. The topological polar surface area (TPSA) is 55.4 Å². The van der Waals surface area contributed by atoms with E-state index in [2.05, 4.69) is 5.32 Å². The summed E-state index contributed by atoms with van der Waals surface area (Å²) in [7, 11) is 1.62. The molecule has 0 aromatic heterocycles. The van der Waals surface area contributed by atoms with E-state index in [1.807, 2.05) is 42.5 Å². The lowest BCUT2D eigenvalue weighted by Crippen LogP contribution is -2.18. The van der Waals surface area contributed by atoms with E-state index in [1.54, 1.807) is 7.05 Å². The quantitative estimate of drug-likeness (QED) is 0.946. The number of amides is 1. The molecule has 2 aromatic rings. The van der Waals surface area contributed by atoms with Crippen molar-refractivity contribution >= 4 is 11.7 Å². The Morgan fingerprint density at radius 3 is 2.82 bits per heavy atom. The van der Waals surface area contributed by atoms with Crippen molar-refractivity contribution in [3.8, 4) is 5.75 Å². The van der Waals surface area contributed by atoms with Crippen LogP contribution in [0, 0.1) is 0 Å². The molecule has 1 N–H and O–H groups in total. The number of ketones is 1. The van der Waals surface area contributed by atoms with Gasteiger partial charge >= 0.3 is 0 Å². The van der Waals surface area contributed by atoms with E-state index < -0.39 is 0 Å². The van der Waals surface area contributed by atoms with Gasteiger partial charge in [-0.05, 0) is 24.1 Å². The molecule has 1 aliphatic heterocycles. The molecule has 0 saturated heterocycles. The Balaban J connectivity index is 1.92. The Labute approximate surface area is 129 Å². The maximum absolute atomic E-state index is 12.7. The molecular weight excluding hydrogens is 278 g/mol. The molecule has 2 aromatic carbocycles. The van der Waals surface area contributed by atoms with Gasteiger partial charge in [0.05, 0.1) is 5.56 Å². The van der Waals surface area contributed by atoms with E-state index in [-0.39, 0.29) is 11.7 Å². The summed E-state index contributed by atoms with van der Waals surface area (Å²) in [6.45, 7) is 0.395. The summed E-state index contributed by atoms with van der Waals surface area (Å²) in [5.74, 6) is 0.567. The Morgan fingerprint density at radius 2 is 2.00 bits per heavy atom. The molecule has 4 nitrogen and oxygen atoms in total. The van der Waals surface area contributed by atoms with Crippen molar-refractivity contribution in [2.24, 2.45) is 0 Å². The molecule has 4 heteroatoms. The van der Waals surface area contributed by atoms with Crippen molar-refractivity contribution in [2.75, 3.05) is 7.05 Å². The van der Waals surface area contributed by atoms with Gasteiger partial charge in [0.15, 0.2) is 5.78 Å². The summed E-state index contributed by atoms with van der Waals surface area (Å²) in [4.78, 5) is 24.1. The number of aryl methyl sites for hydroxylation is 1. The van der Waals surface area contributed by atoms with E-state index in [1.165, 1.54) is 0 Å². The second-order valence-corrected chi connectivity index (χ2v) is 5.28. The normalized spacial score (nSPS) is 12.7. The Morgan fingerprint density at radius 1 is 1.18 bits per heavy atom. The van der Waals surface area contributed by atoms with Gasteiger partial charge in [-0.2, -0.15) is 0 Å². The van der Waals surface area contributed by atoms with Crippen molar-refractivity contribution in [3.63, 3.8) is 0 Å². The first-order valence-corrected chi connectivity index (χ1v) is 7.28. The molecule has 0 atom stereocenters. The molecule has 0 bridgehead atoms. The second kappa shape index (κ2) is 6.02. The van der Waals surface area contributed by atoms with Crippen LogP contribution < -0.4 is 10.1 Å². The highest BCUT2D eigenvalue weighted by Gasteiger charge is 2.22. The van der Waals surface area contributed by atoms with E-state index in [0.717, 1.165) is 11.1 Å². The molecule has 0 saturated carbocycles. The van der Waals surface area contributed by atoms with Gasteiger partial charge in [0.2, 0.25) is 5.91 Å². The minimum atomic E-state index is -0.0232. The van der Waals surface area contributed by atoms with Gasteiger partial charge < -0.3 is 10.1 Å². The molecular formula is C18H17NO3. The number of nitrogens with one attached hydrogen (secondary N) is 1. The zero-order valence-electron chi connectivity index (χ0n) is 12.4. The number of rotatable bonds is 3. The minimum absolute atomic E-state index is 0.0112. The van der Waals surface area contributed by atoms with Gasteiger partial charge in [-0.1, -0.05) is 30.3 Å². The zero-order chi connectivity index (χ0) is 15.5. The molecule has 3 rings (SSSR count). The van der Waals surface area contributed by atoms with Crippen molar-refractivity contribution in [2.45, 2.75) is 19.4 Å². The lowest BCUT2D eigenvalue weighted by atomic mass is 9.97. The highest BCUT2D eigenvalue weighted by atomic mass is 16.5. The van der Waals surface area contributed by atoms with Crippen molar-refractivity contribution < 1.29 is 14.3 Å². The zero-order valence-corrected chi connectivity index (χ0v) is 12.4. The minimum Gasteiger partial charge on any atom is -0.488 e. The van der Waals surface area contributed by atoms with Crippen LogP contribution in [0.3, 0.4) is 0 Å². The highest BCUT2D eigenvalue weighted by Crippen LogP contribution is 2.29. The van der Waals surface area contributed by atoms with E-state index in [0.29, 0.717) is 36.3 Å². The van der Waals surface area contributed by atoms with Crippen LogP contribution in [0.4, 0.5) is 0 Å². The SMILES string of the molecule is CNC(=O)CCc1ccc2c(c1)C(=O)c1ccccc1CO2. The van der Waals surface area contributed by atoms with Crippen molar-refractivity contribution in [1.29, 1.82) is 0 Å². The summed E-state index contributed by atoms with van der Waals surface area (Å²) < 4.78 is 5.75. The first-order valence-electron chi connectivity index (χ1n) is 7.28. The molecule has 0 unspecified atom stereocenters. The third-order valence-corrected chi connectivity index (χ3v) is 3.85. The van der Waals surface area contributed by atoms with Crippen molar-refractivity contribution in [1.82, 2.24) is 5.32 Å². The average Bonchev–Trinajstić information content (AvgIpc) is 2.70. The molecule has 1 amide bonds.